The molecule has 0 bridgehead atoms. The van der Waals surface area contributed by atoms with Gasteiger partial charge in [-0.3, -0.25) is 0 Å². The zero-order chi connectivity index (χ0) is 21.8. The maximum atomic E-state index is 5.42. The Kier molecular flexibility index (Phi) is 9.80. The van der Waals surface area contributed by atoms with Gasteiger partial charge < -0.3 is 29.7 Å². The van der Waals surface area contributed by atoms with E-state index < -0.39 is 0 Å². The van der Waals surface area contributed by atoms with Crippen molar-refractivity contribution in [3.63, 3.8) is 0 Å². The van der Waals surface area contributed by atoms with Gasteiger partial charge in [0.2, 0.25) is 5.75 Å². The van der Waals surface area contributed by atoms with Gasteiger partial charge in [-0.2, -0.15) is 0 Å². The average Bonchev–Trinajstić information content (AvgIpc) is 2.77. The summed E-state index contributed by atoms with van der Waals surface area (Å²) in [6, 6.07) is 14.3. The number of hydrogen-bond acceptors (Lipinski definition) is 5. The van der Waals surface area contributed by atoms with E-state index in [0.717, 1.165) is 37.7 Å². The molecule has 7 nitrogen and oxygen atoms in total. The number of ether oxygens (including phenoxy) is 3. The molecule has 30 heavy (non-hydrogen) atoms. The van der Waals surface area contributed by atoms with E-state index in [-0.39, 0.29) is 0 Å². The zero-order valence-electron chi connectivity index (χ0n) is 18.7. The lowest BCUT2D eigenvalue weighted by Crippen LogP contribution is -2.40. The molecule has 164 valence electrons. The predicted octanol–water partition coefficient (Wildman–Crippen LogP) is 2.90. The molecule has 2 rings (SSSR count). The fourth-order valence-electron chi connectivity index (χ4n) is 3.08. The molecule has 0 aliphatic rings. The van der Waals surface area contributed by atoms with E-state index in [2.05, 4.69) is 53.8 Å². The normalized spacial score (nSPS) is 11.3. The van der Waals surface area contributed by atoms with Crippen LogP contribution in [0.2, 0.25) is 0 Å². The minimum atomic E-state index is 0.492. The molecule has 7 heteroatoms. The van der Waals surface area contributed by atoms with Crippen molar-refractivity contribution in [2.24, 2.45) is 4.99 Å². The third kappa shape index (κ3) is 7.15. The summed E-state index contributed by atoms with van der Waals surface area (Å²) in [5.74, 6) is 2.61. The number of methoxy groups -OCH3 is 3. The molecule has 0 spiro atoms. The first-order valence-electron chi connectivity index (χ1n) is 10.1. The Morgan fingerprint density at radius 2 is 1.60 bits per heavy atom. The van der Waals surface area contributed by atoms with Crippen LogP contribution >= 0.6 is 0 Å². The lowest BCUT2D eigenvalue weighted by atomic mass is 10.2. The molecular formula is C23H34N4O3. The molecule has 2 N–H and O–H groups in total. The van der Waals surface area contributed by atoms with Crippen LogP contribution < -0.4 is 24.8 Å². The molecule has 0 saturated heterocycles. The van der Waals surface area contributed by atoms with Crippen molar-refractivity contribution in [1.82, 2.24) is 15.5 Å². The molecule has 0 saturated carbocycles. The van der Waals surface area contributed by atoms with Crippen LogP contribution in [0, 0.1) is 0 Å². The predicted molar refractivity (Wildman–Crippen MR) is 122 cm³/mol. The topological polar surface area (TPSA) is 67.4 Å². The van der Waals surface area contributed by atoms with Gasteiger partial charge in [0.1, 0.15) is 0 Å². The van der Waals surface area contributed by atoms with Crippen molar-refractivity contribution in [3.8, 4) is 17.2 Å². The number of nitrogens with zero attached hydrogens (tertiary/aromatic N) is 2. The maximum Gasteiger partial charge on any atom is 0.203 e. The lowest BCUT2D eigenvalue weighted by molar-refractivity contribution is 0.324. The Hall–Kier alpha value is -2.93. The van der Waals surface area contributed by atoms with Gasteiger partial charge in [-0.15, -0.1) is 0 Å². The van der Waals surface area contributed by atoms with Gasteiger partial charge in [-0.25, -0.2) is 4.99 Å². The Bertz CT molecular complexity index is 771. The number of likely N-dealkylation sites (N-methyl/N-ethyl adjacent to an activating group) is 1. The van der Waals surface area contributed by atoms with E-state index in [9.17, 15) is 0 Å². The fraction of sp³-hybridized carbons (Fsp3) is 0.435. The molecule has 0 aromatic heterocycles. The Balaban J connectivity index is 1.95. The second-order valence-electron chi connectivity index (χ2n) is 6.88. The van der Waals surface area contributed by atoms with Crippen LogP contribution in [0.3, 0.4) is 0 Å². The standard InChI is InChI=1S/C23H34N4O3/c1-6-24-23(25-12-13-27(2)17-18-10-8-7-9-11-18)26-16-19-14-20(28-3)22(30-5)21(15-19)29-4/h7-11,14-15H,6,12-13,16-17H2,1-5H3,(H2,24,25,26). The van der Waals surface area contributed by atoms with Gasteiger partial charge in [0.05, 0.1) is 27.9 Å². The second-order valence-corrected chi connectivity index (χ2v) is 6.88. The highest BCUT2D eigenvalue weighted by Crippen LogP contribution is 2.38. The van der Waals surface area contributed by atoms with Crippen LogP contribution in [0.1, 0.15) is 18.1 Å². The van der Waals surface area contributed by atoms with Crippen LogP contribution in [-0.4, -0.2) is 58.9 Å². The van der Waals surface area contributed by atoms with E-state index in [4.69, 9.17) is 19.2 Å². The number of benzene rings is 2. The first kappa shape index (κ1) is 23.3. The van der Waals surface area contributed by atoms with Gasteiger partial charge in [0.15, 0.2) is 17.5 Å². The lowest BCUT2D eigenvalue weighted by Gasteiger charge is -2.18. The van der Waals surface area contributed by atoms with Gasteiger partial charge in [0.25, 0.3) is 0 Å². The third-order valence-corrected chi connectivity index (χ3v) is 4.57. The zero-order valence-corrected chi connectivity index (χ0v) is 18.7. The van der Waals surface area contributed by atoms with Gasteiger partial charge in [-0.1, -0.05) is 30.3 Å². The minimum Gasteiger partial charge on any atom is -0.493 e. The Labute approximate surface area is 180 Å². The van der Waals surface area contributed by atoms with E-state index in [1.54, 1.807) is 21.3 Å². The quantitative estimate of drug-likeness (QED) is 0.435. The molecule has 0 atom stereocenters. The summed E-state index contributed by atoms with van der Waals surface area (Å²) in [6.07, 6.45) is 0. The number of rotatable bonds is 11. The minimum absolute atomic E-state index is 0.492. The van der Waals surface area contributed by atoms with Gasteiger partial charge in [-0.05, 0) is 37.2 Å². The van der Waals surface area contributed by atoms with Crippen LogP contribution in [0.4, 0.5) is 0 Å². The van der Waals surface area contributed by atoms with Crippen LogP contribution in [0.15, 0.2) is 47.5 Å². The van der Waals surface area contributed by atoms with Crippen molar-refractivity contribution in [2.75, 3.05) is 48.0 Å². The largest absolute Gasteiger partial charge is 0.493 e. The summed E-state index contributed by atoms with van der Waals surface area (Å²) < 4.78 is 16.2. The molecule has 2 aromatic carbocycles. The van der Waals surface area contributed by atoms with Crippen molar-refractivity contribution < 1.29 is 14.2 Å². The molecule has 2 aromatic rings. The molecule has 0 radical (unpaired) electrons. The SMILES string of the molecule is CCNC(=NCc1cc(OC)c(OC)c(OC)c1)NCCN(C)Cc1ccccc1. The number of hydrogen-bond donors (Lipinski definition) is 2. The molecule has 0 fully saturated rings. The number of guanidine groups is 1. The van der Waals surface area contributed by atoms with Gasteiger partial charge >= 0.3 is 0 Å². The van der Waals surface area contributed by atoms with E-state index >= 15 is 0 Å². The number of nitrogens with one attached hydrogen (secondary N) is 2. The van der Waals surface area contributed by atoms with Crippen LogP contribution in [0.25, 0.3) is 0 Å². The monoisotopic (exact) mass is 414 g/mol. The van der Waals surface area contributed by atoms with Crippen LogP contribution in [0.5, 0.6) is 17.2 Å². The molecule has 0 aliphatic carbocycles. The average molecular weight is 415 g/mol. The highest BCUT2D eigenvalue weighted by atomic mass is 16.5. The second kappa shape index (κ2) is 12.6. The Morgan fingerprint density at radius 1 is 0.933 bits per heavy atom. The highest BCUT2D eigenvalue weighted by Gasteiger charge is 2.13. The van der Waals surface area contributed by atoms with Crippen molar-refractivity contribution in [3.05, 3.63) is 53.6 Å². The summed E-state index contributed by atoms with van der Waals surface area (Å²) in [5.41, 5.74) is 2.28. The molecule has 0 amide bonds. The first-order chi connectivity index (χ1) is 14.6. The van der Waals surface area contributed by atoms with Crippen molar-refractivity contribution >= 4 is 5.96 Å². The summed E-state index contributed by atoms with van der Waals surface area (Å²) in [4.78, 5) is 6.98. The Morgan fingerprint density at radius 3 is 2.17 bits per heavy atom. The van der Waals surface area contributed by atoms with Crippen molar-refractivity contribution in [2.45, 2.75) is 20.0 Å². The molecule has 0 unspecified atom stereocenters. The van der Waals surface area contributed by atoms with Crippen molar-refractivity contribution in [1.29, 1.82) is 0 Å². The van der Waals surface area contributed by atoms with Gasteiger partial charge in [0, 0.05) is 26.2 Å². The maximum absolute atomic E-state index is 5.42. The third-order valence-electron chi connectivity index (χ3n) is 4.57. The summed E-state index contributed by atoms with van der Waals surface area (Å²) in [6.45, 7) is 5.96. The summed E-state index contributed by atoms with van der Waals surface area (Å²) in [5, 5.41) is 6.69. The highest BCUT2D eigenvalue weighted by molar-refractivity contribution is 5.79. The molecule has 0 aliphatic heterocycles. The number of aliphatic imine (C=N–C) groups is 1. The summed E-state index contributed by atoms with van der Waals surface area (Å²) in [7, 11) is 6.94. The van der Waals surface area contributed by atoms with E-state index in [1.807, 2.05) is 18.2 Å². The van der Waals surface area contributed by atoms with E-state index in [1.165, 1.54) is 5.56 Å². The molecule has 0 heterocycles. The summed E-state index contributed by atoms with van der Waals surface area (Å²) >= 11 is 0. The fourth-order valence-corrected chi connectivity index (χ4v) is 3.08. The first-order valence-corrected chi connectivity index (χ1v) is 10.1. The van der Waals surface area contributed by atoms with E-state index in [0.29, 0.717) is 23.8 Å². The molecular weight excluding hydrogens is 380 g/mol. The smallest absolute Gasteiger partial charge is 0.203 e. The van der Waals surface area contributed by atoms with Crippen LogP contribution in [-0.2, 0) is 13.1 Å².